The Kier molecular flexibility index (Phi) is 12.0. The minimum absolute atomic E-state index is 0.0403. The van der Waals surface area contributed by atoms with Gasteiger partial charge in [0.1, 0.15) is 12.1 Å². The van der Waals surface area contributed by atoms with Gasteiger partial charge in [-0.25, -0.2) is 9.78 Å². The number of H-pyrrole nitrogens is 1. The first-order valence-electron chi connectivity index (χ1n) is 10.9. The quantitative estimate of drug-likeness (QED) is 0.104. The van der Waals surface area contributed by atoms with Crippen molar-refractivity contribution in [3.63, 3.8) is 0 Å². The highest BCUT2D eigenvalue weighted by molar-refractivity contribution is 5.94. The molecular weight excluding hydrogens is 482 g/mol. The van der Waals surface area contributed by atoms with Gasteiger partial charge in [0.15, 0.2) is 6.04 Å². The van der Waals surface area contributed by atoms with Crippen LogP contribution in [0.15, 0.2) is 12.5 Å². The van der Waals surface area contributed by atoms with Gasteiger partial charge in [-0.1, -0.05) is 0 Å². The lowest BCUT2D eigenvalue weighted by molar-refractivity contribution is -0.145. The normalized spacial score (nSPS) is 15.0. The number of hydrogen-bond acceptors (Lipinski definition) is 9. The van der Waals surface area contributed by atoms with E-state index in [1.807, 2.05) is 0 Å². The first-order valence-corrected chi connectivity index (χ1v) is 10.9. The van der Waals surface area contributed by atoms with E-state index in [4.69, 9.17) is 16.6 Å². The van der Waals surface area contributed by atoms with Gasteiger partial charge in [-0.15, -0.1) is 0 Å². The van der Waals surface area contributed by atoms with Gasteiger partial charge in [-0.05, 0) is 19.8 Å². The molecule has 1 heterocycles. The topological polar surface area (TPSA) is 280 Å². The summed E-state index contributed by atoms with van der Waals surface area (Å²) in [5.74, 6) is -6.42. The number of carboxylic acid groups (broad SMARTS) is 2. The molecule has 11 N–H and O–H groups in total. The van der Waals surface area contributed by atoms with Crippen LogP contribution in [0.5, 0.6) is 0 Å². The molecule has 0 aromatic carbocycles. The van der Waals surface area contributed by atoms with Crippen LogP contribution in [0.2, 0.25) is 0 Å². The zero-order chi connectivity index (χ0) is 27.4. The first-order chi connectivity index (χ1) is 16.8. The van der Waals surface area contributed by atoms with Gasteiger partial charge in [-0.2, -0.15) is 0 Å². The predicted octanol–water partition coefficient (Wildman–Crippen LogP) is -3.67. The maximum Gasteiger partial charge on any atom is 0.328 e. The number of nitrogens with two attached hydrogens (primary N) is 2. The number of carboxylic acids is 2. The van der Waals surface area contributed by atoms with Crippen molar-refractivity contribution in [1.29, 1.82) is 0 Å². The molecule has 0 aliphatic rings. The Hall–Kier alpha value is -4.05. The number of primary amides is 1. The third-order valence-electron chi connectivity index (χ3n) is 4.97. The summed E-state index contributed by atoms with van der Waals surface area (Å²) in [5, 5.41) is 34.4. The number of aliphatic hydroxyl groups excluding tert-OH is 1. The van der Waals surface area contributed by atoms with Gasteiger partial charge >= 0.3 is 11.9 Å². The number of carbonyl (C=O) groups excluding carboxylic acids is 4. The van der Waals surface area contributed by atoms with Crippen LogP contribution in [0.25, 0.3) is 0 Å². The molecule has 1 aromatic heterocycles. The van der Waals surface area contributed by atoms with Gasteiger partial charge in [-0.3, -0.25) is 24.0 Å². The Labute approximate surface area is 205 Å². The molecule has 0 bridgehead atoms. The molecule has 0 aliphatic carbocycles. The number of imidazole rings is 1. The Morgan fingerprint density at radius 2 is 1.53 bits per heavy atom. The third kappa shape index (κ3) is 10.5. The Bertz CT molecular complexity index is 936. The van der Waals surface area contributed by atoms with E-state index in [1.54, 1.807) is 0 Å². The van der Waals surface area contributed by atoms with Crippen LogP contribution < -0.4 is 27.4 Å². The van der Waals surface area contributed by atoms with Crippen LogP contribution in [0, 0.1) is 0 Å². The summed E-state index contributed by atoms with van der Waals surface area (Å²) >= 11 is 0. The number of nitrogens with one attached hydrogen (secondary N) is 4. The summed E-state index contributed by atoms with van der Waals surface area (Å²) in [6.45, 7) is 1.13. The van der Waals surface area contributed by atoms with Crippen molar-refractivity contribution in [3.8, 4) is 0 Å². The van der Waals surface area contributed by atoms with Crippen LogP contribution in [-0.2, 0) is 35.2 Å². The second-order valence-electron chi connectivity index (χ2n) is 8.01. The predicted molar refractivity (Wildman–Crippen MR) is 121 cm³/mol. The number of amides is 4. The van der Waals surface area contributed by atoms with E-state index in [2.05, 4.69) is 25.9 Å². The van der Waals surface area contributed by atoms with E-state index in [1.165, 1.54) is 12.5 Å². The number of nitrogens with zero attached hydrogens (tertiary/aromatic N) is 1. The molecule has 1 rings (SSSR count). The fourth-order valence-corrected chi connectivity index (χ4v) is 3.01. The molecule has 0 saturated carbocycles. The van der Waals surface area contributed by atoms with E-state index < -0.39 is 72.3 Å². The molecule has 36 heavy (non-hydrogen) atoms. The van der Waals surface area contributed by atoms with Crippen LogP contribution in [-0.4, -0.2) is 91.1 Å². The number of aromatic nitrogens is 2. The maximum absolute atomic E-state index is 12.9. The van der Waals surface area contributed by atoms with Crippen molar-refractivity contribution >= 4 is 35.6 Å². The molecule has 5 unspecified atom stereocenters. The van der Waals surface area contributed by atoms with Crippen LogP contribution in [0.3, 0.4) is 0 Å². The number of rotatable bonds is 16. The average Bonchev–Trinajstić information content (AvgIpc) is 3.29. The highest BCUT2D eigenvalue weighted by Crippen LogP contribution is 2.05. The van der Waals surface area contributed by atoms with Gasteiger partial charge < -0.3 is 47.7 Å². The SMILES string of the molecule is CC(O)C(NC(=O)C(CCC(N)=O)NC(=O)C(CCC(=O)O)NC(=O)C(N)Cc1cnc[nH]1)C(=O)O. The highest BCUT2D eigenvalue weighted by atomic mass is 16.4. The van der Waals surface area contributed by atoms with E-state index in [9.17, 15) is 39.0 Å². The van der Waals surface area contributed by atoms with Crippen molar-refractivity contribution in [2.45, 2.75) is 69.3 Å². The minimum Gasteiger partial charge on any atom is -0.481 e. The molecule has 16 heteroatoms. The largest absolute Gasteiger partial charge is 0.481 e. The minimum atomic E-state index is -1.71. The van der Waals surface area contributed by atoms with E-state index in [-0.39, 0.29) is 25.7 Å². The van der Waals surface area contributed by atoms with Gasteiger partial charge in [0, 0.05) is 31.2 Å². The summed E-state index contributed by atoms with van der Waals surface area (Å²) in [6, 6.07) is -5.76. The zero-order valence-corrected chi connectivity index (χ0v) is 19.5. The molecule has 0 radical (unpaired) electrons. The fraction of sp³-hybridized carbons (Fsp3) is 0.550. The monoisotopic (exact) mass is 513 g/mol. The molecule has 0 saturated heterocycles. The van der Waals surface area contributed by atoms with Crippen molar-refractivity contribution in [3.05, 3.63) is 18.2 Å². The summed E-state index contributed by atoms with van der Waals surface area (Å²) in [4.78, 5) is 78.2. The van der Waals surface area contributed by atoms with Gasteiger partial charge in [0.2, 0.25) is 23.6 Å². The Morgan fingerprint density at radius 1 is 0.972 bits per heavy atom. The summed E-state index contributed by atoms with van der Waals surface area (Å²) < 4.78 is 0. The van der Waals surface area contributed by atoms with Crippen molar-refractivity contribution in [1.82, 2.24) is 25.9 Å². The molecule has 0 aliphatic heterocycles. The number of aromatic amines is 1. The molecule has 16 nitrogen and oxygen atoms in total. The fourth-order valence-electron chi connectivity index (χ4n) is 3.01. The molecular formula is C20H31N7O9. The molecule has 0 fully saturated rings. The van der Waals surface area contributed by atoms with Crippen molar-refractivity contribution in [2.24, 2.45) is 11.5 Å². The van der Waals surface area contributed by atoms with Crippen molar-refractivity contribution in [2.75, 3.05) is 0 Å². The van der Waals surface area contributed by atoms with E-state index in [0.29, 0.717) is 5.69 Å². The summed E-state index contributed by atoms with van der Waals surface area (Å²) in [6.07, 6.45) is -0.205. The molecule has 0 spiro atoms. The van der Waals surface area contributed by atoms with Crippen LogP contribution >= 0.6 is 0 Å². The molecule has 4 amide bonds. The number of hydrogen-bond donors (Lipinski definition) is 9. The lowest BCUT2D eigenvalue weighted by atomic mass is 10.1. The third-order valence-corrected chi connectivity index (χ3v) is 4.97. The molecule has 200 valence electrons. The molecule has 1 aromatic rings. The lowest BCUT2D eigenvalue weighted by Gasteiger charge is -2.25. The lowest BCUT2D eigenvalue weighted by Crippen LogP contribution is -2.58. The highest BCUT2D eigenvalue weighted by Gasteiger charge is 2.32. The number of carbonyl (C=O) groups is 6. The first kappa shape index (κ1) is 30.0. The average molecular weight is 514 g/mol. The Morgan fingerprint density at radius 3 is 2.00 bits per heavy atom. The van der Waals surface area contributed by atoms with E-state index in [0.717, 1.165) is 6.92 Å². The van der Waals surface area contributed by atoms with Gasteiger partial charge in [0.25, 0.3) is 0 Å². The van der Waals surface area contributed by atoms with Gasteiger partial charge in [0.05, 0.1) is 18.5 Å². The smallest absolute Gasteiger partial charge is 0.328 e. The summed E-state index contributed by atoms with van der Waals surface area (Å²) in [7, 11) is 0. The zero-order valence-electron chi connectivity index (χ0n) is 19.5. The second kappa shape index (κ2) is 14.4. The number of aliphatic hydroxyl groups is 1. The standard InChI is InChI=1S/C20H31N7O9/c1-9(28)16(20(35)36)27-19(34)12(2-4-14(22)29)26-18(33)13(3-5-15(30)31)25-17(32)11(21)6-10-7-23-8-24-10/h7-9,11-13,16,28H,2-6,21H2,1H3,(H2,22,29)(H,23,24)(H,25,32)(H,26,33)(H,27,34)(H,30,31)(H,35,36). The molecule has 5 atom stereocenters. The van der Waals surface area contributed by atoms with Crippen LogP contribution in [0.4, 0.5) is 0 Å². The van der Waals surface area contributed by atoms with E-state index >= 15 is 0 Å². The number of aliphatic carboxylic acids is 2. The van der Waals surface area contributed by atoms with Crippen molar-refractivity contribution < 1.29 is 44.1 Å². The summed E-state index contributed by atoms with van der Waals surface area (Å²) in [5.41, 5.74) is 11.5. The Balaban J connectivity index is 3.01. The second-order valence-corrected chi connectivity index (χ2v) is 8.01. The van der Waals surface area contributed by atoms with Crippen LogP contribution in [0.1, 0.15) is 38.3 Å². The maximum atomic E-state index is 12.9.